The highest BCUT2D eigenvalue weighted by molar-refractivity contribution is 5.96. The van der Waals surface area contributed by atoms with E-state index in [-0.39, 0.29) is 18.6 Å². The van der Waals surface area contributed by atoms with Crippen LogP contribution in [0.4, 0.5) is 0 Å². The van der Waals surface area contributed by atoms with Crippen LogP contribution >= 0.6 is 0 Å². The van der Waals surface area contributed by atoms with E-state index in [9.17, 15) is 9.59 Å². The Kier molecular flexibility index (Phi) is 4.65. The van der Waals surface area contributed by atoms with E-state index in [2.05, 4.69) is 0 Å². The number of carbonyl (C=O) groups is 2. The standard InChI is InChI=1S/C15H20O3/c1-11-7-5-6-8-12(11)9-13(16)10-14(17)18-15(2,3)4/h5-8H,9-10H2,1-4H3. The molecule has 0 aliphatic rings. The van der Waals surface area contributed by atoms with Crippen LogP contribution in [0, 0.1) is 6.92 Å². The van der Waals surface area contributed by atoms with Crippen molar-refractivity contribution in [2.24, 2.45) is 0 Å². The molecule has 0 saturated carbocycles. The largest absolute Gasteiger partial charge is 0.460 e. The molecule has 1 aromatic rings. The molecule has 0 spiro atoms. The molecule has 3 heteroatoms. The van der Waals surface area contributed by atoms with Crippen LogP contribution in [0.15, 0.2) is 24.3 Å². The van der Waals surface area contributed by atoms with Crippen molar-refractivity contribution in [1.29, 1.82) is 0 Å². The minimum absolute atomic E-state index is 0.112. The van der Waals surface area contributed by atoms with E-state index >= 15 is 0 Å². The highest BCUT2D eigenvalue weighted by Gasteiger charge is 2.19. The van der Waals surface area contributed by atoms with Crippen LogP contribution in [0.25, 0.3) is 0 Å². The third-order valence-electron chi connectivity index (χ3n) is 2.41. The second kappa shape index (κ2) is 5.80. The molecule has 0 amide bonds. The summed E-state index contributed by atoms with van der Waals surface area (Å²) in [5.74, 6) is -0.570. The van der Waals surface area contributed by atoms with Gasteiger partial charge in [0, 0.05) is 6.42 Å². The molecule has 0 saturated heterocycles. The Morgan fingerprint density at radius 2 is 1.78 bits per heavy atom. The summed E-state index contributed by atoms with van der Waals surface area (Å²) in [5.41, 5.74) is 1.49. The van der Waals surface area contributed by atoms with Crippen molar-refractivity contribution in [3.63, 3.8) is 0 Å². The number of benzene rings is 1. The van der Waals surface area contributed by atoms with E-state index < -0.39 is 11.6 Å². The molecule has 0 aromatic heterocycles. The molecular formula is C15H20O3. The lowest BCUT2D eigenvalue weighted by Crippen LogP contribution is -2.25. The van der Waals surface area contributed by atoms with Gasteiger partial charge in [-0.3, -0.25) is 9.59 Å². The van der Waals surface area contributed by atoms with Crippen molar-refractivity contribution in [1.82, 2.24) is 0 Å². The van der Waals surface area contributed by atoms with E-state index in [1.807, 2.05) is 31.2 Å². The SMILES string of the molecule is Cc1ccccc1CC(=O)CC(=O)OC(C)(C)C. The van der Waals surface area contributed by atoms with Crippen molar-refractivity contribution < 1.29 is 14.3 Å². The van der Waals surface area contributed by atoms with Gasteiger partial charge < -0.3 is 4.74 Å². The van der Waals surface area contributed by atoms with Gasteiger partial charge in [0.15, 0.2) is 0 Å². The summed E-state index contributed by atoms with van der Waals surface area (Å²) in [6.07, 6.45) is 0.123. The molecule has 0 fully saturated rings. The van der Waals surface area contributed by atoms with Crippen molar-refractivity contribution in [3.8, 4) is 0 Å². The van der Waals surface area contributed by atoms with E-state index in [4.69, 9.17) is 4.74 Å². The lowest BCUT2D eigenvalue weighted by Gasteiger charge is -2.19. The van der Waals surface area contributed by atoms with Gasteiger partial charge in [-0.1, -0.05) is 24.3 Å². The highest BCUT2D eigenvalue weighted by atomic mass is 16.6. The molecule has 1 rings (SSSR count). The van der Waals surface area contributed by atoms with E-state index in [1.165, 1.54) is 0 Å². The number of ketones is 1. The number of Topliss-reactive ketones (excluding diaryl/α,β-unsaturated/α-hetero) is 1. The molecule has 18 heavy (non-hydrogen) atoms. The maximum absolute atomic E-state index is 11.8. The van der Waals surface area contributed by atoms with Crippen LogP contribution in [0.5, 0.6) is 0 Å². The first-order valence-electron chi connectivity index (χ1n) is 6.06. The molecular weight excluding hydrogens is 228 g/mol. The van der Waals surface area contributed by atoms with Crippen LogP contribution in [0.3, 0.4) is 0 Å². The quantitative estimate of drug-likeness (QED) is 0.608. The zero-order valence-electron chi connectivity index (χ0n) is 11.4. The van der Waals surface area contributed by atoms with Crippen molar-refractivity contribution in [2.45, 2.75) is 46.1 Å². The monoisotopic (exact) mass is 248 g/mol. The Hall–Kier alpha value is -1.64. The first kappa shape index (κ1) is 14.4. The molecule has 0 radical (unpaired) electrons. The van der Waals surface area contributed by atoms with Gasteiger partial charge in [-0.2, -0.15) is 0 Å². The Balaban J connectivity index is 2.53. The minimum Gasteiger partial charge on any atom is -0.460 e. The van der Waals surface area contributed by atoms with Crippen LogP contribution in [-0.2, 0) is 20.7 Å². The number of hydrogen-bond acceptors (Lipinski definition) is 3. The lowest BCUT2D eigenvalue weighted by molar-refractivity contribution is -0.156. The van der Waals surface area contributed by atoms with Crippen molar-refractivity contribution >= 4 is 11.8 Å². The van der Waals surface area contributed by atoms with Crippen molar-refractivity contribution in [3.05, 3.63) is 35.4 Å². The molecule has 0 bridgehead atoms. The summed E-state index contributed by atoms with van der Waals surface area (Å²) in [5, 5.41) is 0. The second-order valence-corrected chi connectivity index (χ2v) is 5.41. The molecule has 0 heterocycles. The summed E-state index contributed by atoms with van der Waals surface area (Å²) in [6, 6.07) is 7.68. The van der Waals surface area contributed by atoms with Gasteiger partial charge in [-0.05, 0) is 38.8 Å². The van der Waals surface area contributed by atoms with Crippen LogP contribution in [-0.4, -0.2) is 17.4 Å². The Bertz CT molecular complexity index is 441. The summed E-state index contributed by atoms with van der Waals surface area (Å²) >= 11 is 0. The molecule has 0 unspecified atom stereocenters. The number of hydrogen-bond donors (Lipinski definition) is 0. The summed E-state index contributed by atoms with van der Waals surface area (Å²) in [6.45, 7) is 7.32. The number of carbonyl (C=O) groups excluding carboxylic acids is 2. The zero-order chi connectivity index (χ0) is 13.8. The van der Waals surface area contributed by atoms with Gasteiger partial charge in [-0.25, -0.2) is 0 Å². The van der Waals surface area contributed by atoms with Gasteiger partial charge in [0.05, 0.1) is 0 Å². The minimum atomic E-state index is -0.542. The molecule has 3 nitrogen and oxygen atoms in total. The normalized spacial score (nSPS) is 11.1. The second-order valence-electron chi connectivity index (χ2n) is 5.41. The Morgan fingerprint density at radius 3 is 2.33 bits per heavy atom. The van der Waals surface area contributed by atoms with Gasteiger partial charge >= 0.3 is 5.97 Å². The van der Waals surface area contributed by atoms with Gasteiger partial charge in [0.1, 0.15) is 17.8 Å². The van der Waals surface area contributed by atoms with E-state index in [0.717, 1.165) is 11.1 Å². The number of rotatable bonds is 4. The summed E-state index contributed by atoms with van der Waals surface area (Å²) < 4.78 is 5.12. The molecule has 0 aliphatic heterocycles. The average molecular weight is 248 g/mol. The fourth-order valence-electron chi connectivity index (χ4n) is 1.62. The molecule has 98 valence electrons. The molecule has 0 atom stereocenters. The molecule has 0 N–H and O–H groups in total. The van der Waals surface area contributed by atoms with E-state index in [1.54, 1.807) is 20.8 Å². The van der Waals surface area contributed by atoms with Crippen LogP contribution in [0.1, 0.15) is 38.3 Å². The lowest BCUT2D eigenvalue weighted by atomic mass is 10.0. The first-order valence-corrected chi connectivity index (χ1v) is 6.06. The Labute approximate surface area is 108 Å². The van der Waals surface area contributed by atoms with Crippen molar-refractivity contribution in [2.75, 3.05) is 0 Å². The van der Waals surface area contributed by atoms with Gasteiger partial charge in [0.2, 0.25) is 0 Å². The zero-order valence-corrected chi connectivity index (χ0v) is 11.4. The van der Waals surface area contributed by atoms with Gasteiger partial charge in [0.25, 0.3) is 0 Å². The molecule has 1 aromatic carbocycles. The third kappa shape index (κ3) is 5.13. The Morgan fingerprint density at radius 1 is 1.17 bits per heavy atom. The predicted octanol–water partition coefficient (Wildman–Crippen LogP) is 2.84. The fraction of sp³-hybridized carbons (Fsp3) is 0.467. The highest BCUT2D eigenvalue weighted by Crippen LogP contribution is 2.11. The molecule has 0 aliphatic carbocycles. The third-order valence-corrected chi connectivity index (χ3v) is 2.41. The van der Waals surface area contributed by atoms with Crippen LogP contribution in [0.2, 0.25) is 0 Å². The fourth-order valence-corrected chi connectivity index (χ4v) is 1.62. The predicted molar refractivity (Wildman–Crippen MR) is 70.4 cm³/mol. The summed E-state index contributed by atoms with van der Waals surface area (Å²) in [7, 11) is 0. The summed E-state index contributed by atoms with van der Waals surface area (Å²) in [4.78, 5) is 23.3. The first-order chi connectivity index (χ1) is 8.28. The number of esters is 1. The smallest absolute Gasteiger partial charge is 0.313 e. The maximum Gasteiger partial charge on any atom is 0.313 e. The van der Waals surface area contributed by atoms with Crippen LogP contribution < -0.4 is 0 Å². The van der Waals surface area contributed by atoms with Gasteiger partial charge in [-0.15, -0.1) is 0 Å². The van der Waals surface area contributed by atoms with E-state index in [0.29, 0.717) is 0 Å². The number of aryl methyl sites for hydroxylation is 1. The average Bonchev–Trinajstić information content (AvgIpc) is 2.18. The topological polar surface area (TPSA) is 43.4 Å². The maximum atomic E-state index is 11.8. The number of ether oxygens (including phenoxy) is 1.